The van der Waals surface area contributed by atoms with Crippen LogP contribution in [-0.2, 0) is 10.0 Å². The normalized spacial score (nSPS) is 15.3. The van der Waals surface area contributed by atoms with Crippen LogP contribution in [0, 0.1) is 18.7 Å². The monoisotopic (exact) mass is 376 g/mol. The summed E-state index contributed by atoms with van der Waals surface area (Å²) in [5.41, 5.74) is 1.06. The second-order valence-corrected chi connectivity index (χ2v) is 8.38. The minimum absolute atomic E-state index is 0.0172. The van der Waals surface area contributed by atoms with Gasteiger partial charge in [-0.2, -0.15) is 0 Å². The number of carbonyl (C=O) groups excluding carboxylic acids is 1. The maximum absolute atomic E-state index is 13.3. The summed E-state index contributed by atoms with van der Waals surface area (Å²) in [6.45, 7) is 3.49. The Kier molecular flexibility index (Phi) is 5.00. The van der Waals surface area contributed by atoms with Crippen molar-refractivity contribution in [3.8, 4) is 0 Å². The fraction of sp³-hybridized carbons (Fsp3) is 0.316. The van der Waals surface area contributed by atoms with E-state index < -0.39 is 15.8 Å². The predicted octanol–water partition coefficient (Wildman–Crippen LogP) is 3.46. The Morgan fingerprint density at radius 1 is 1.15 bits per heavy atom. The zero-order valence-electron chi connectivity index (χ0n) is 14.6. The van der Waals surface area contributed by atoms with Gasteiger partial charge in [0.1, 0.15) is 5.82 Å². The Morgan fingerprint density at radius 3 is 2.38 bits per heavy atom. The lowest BCUT2D eigenvalue weighted by Gasteiger charge is -2.13. The van der Waals surface area contributed by atoms with E-state index in [4.69, 9.17) is 0 Å². The van der Waals surface area contributed by atoms with E-state index in [0.29, 0.717) is 17.2 Å². The zero-order valence-corrected chi connectivity index (χ0v) is 15.4. The van der Waals surface area contributed by atoms with Crippen LogP contribution in [0.3, 0.4) is 0 Å². The maximum atomic E-state index is 13.3. The van der Waals surface area contributed by atoms with Gasteiger partial charge < -0.3 is 5.32 Å². The number of carbonyl (C=O) groups is 1. The molecule has 0 aliphatic heterocycles. The van der Waals surface area contributed by atoms with E-state index in [2.05, 4.69) is 10.0 Å². The molecule has 0 radical (unpaired) electrons. The quantitative estimate of drug-likeness (QED) is 0.811. The molecule has 1 amide bonds. The first-order chi connectivity index (χ1) is 12.3. The largest absolute Gasteiger partial charge is 0.349 e. The van der Waals surface area contributed by atoms with Crippen LogP contribution in [0.25, 0.3) is 0 Å². The Balaban J connectivity index is 1.69. The molecule has 0 spiro atoms. The van der Waals surface area contributed by atoms with Gasteiger partial charge in [-0.15, -0.1) is 0 Å². The number of rotatable bonds is 6. The number of amides is 1. The molecule has 1 fully saturated rings. The molecule has 0 heterocycles. The van der Waals surface area contributed by atoms with Gasteiger partial charge in [0.2, 0.25) is 0 Å². The van der Waals surface area contributed by atoms with E-state index in [-0.39, 0.29) is 22.4 Å². The lowest BCUT2D eigenvalue weighted by atomic mass is 10.1. The van der Waals surface area contributed by atoms with Gasteiger partial charge in [0.25, 0.3) is 15.9 Å². The van der Waals surface area contributed by atoms with E-state index >= 15 is 0 Å². The van der Waals surface area contributed by atoms with E-state index in [9.17, 15) is 17.6 Å². The van der Waals surface area contributed by atoms with Gasteiger partial charge >= 0.3 is 0 Å². The first-order valence-corrected chi connectivity index (χ1v) is 9.94. The minimum atomic E-state index is -3.82. The van der Waals surface area contributed by atoms with Crippen LogP contribution in [0.4, 0.5) is 10.1 Å². The number of halogens is 1. The summed E-state index contributed by atoms with van der Waals surface area (Å²) in [5.74, 6) is -0.0723. The van der Waals surface area contributed by atoms with Crippen molar-refractivity contribution in [2.24, 2.45) is 5.92 Å². The van der Waals surface area contributed by atoms with Crippen molar-refractivity contribution < 1.29 is 17.6 Å². The lowest BCUT2D eigenvalue weighted by molar-refractivity contribution is 0.0936. The second-order valence-electron chi connectivity index (χ2n) is 6.69. The van der Waals surface area contributed by atoms with Crippen molar-refractivity contribution in [2.45, 2.75) is 37.6 Å². The number of anilines is 1. The smallest absolute Gasteiger partial charge is 0.261 e. The molecule has 1 atom stereocenters. The third-order valence-corrected chi connectivity index (χ3v) is 5.91. The van der Waals surface area contributed by atoms with Crippen molar-refractivity contribution in [3.05, 3.63) is 59.4 Å². The Labute approximate surface area is 152 Å². The van der Waals surface area contributed by atoms with E-state index in [0.717, 1.165) is 18.9 Å². The van der Waals surface area contributed by atoms with E-state index in [1.807, 2.05) is 6.92 Å². The molecule has 26 heavy (non-hydrogen) atoms. The molecule has 7 heteroatoms. The molecule has 2 aromatic rings. The average Bonchev–Trinajstić information content (AvgIpc) is 3.42. The fourth-order valence-corrected chi connectivity index (χ4v) is 3.84. The van der Waals surface area contributed by atoms with Crippen molar-refractivity contribution >= 4 is 21.6 Å². The molecule has 3 rings (SSSR count). The average molecular weight is 376 g/mol. The Morgan fingerprint density at radius 2 is 1.81 bits per heavy atom. The van der Waals surface area contributed by atoms with Gasteiger partial charge in [-0.25, -0.2) is 12.8 Å². The van der Waals surface area contributed by atoms with Crippen LogP contribution in [-0.4, -0.2) is 20.4 Å². The molecule has 5 nitrogen and oxygen atoms in total. The summed E-state index contributed by atoms with van der Waals surface area (Å²) >= 11 is 0. The van der Waals surface area contributed by atoms with Crippen LogP contribution >= 0.6 is 0 Å². The highest BCUT2D eigenvalue weighted by Gasteiger charge is 2.29. The highest BCUT2D eigenvalue weighted by atomic mass is 32.2. The summed E-state index contributed by atoms with van der Waals surface area (Å²) in [6.07, 6.45) is 2.29. The highest BCUT2D eigenvalue weighted by molar-refractivity contribution is 7.92. The molecule has 1 aliphatic carbocycles. The summed E-state index contributed by atoms with van der Waals surface area (Å²) in [4.78, 5) is 12.2. The second kappa shape index (κ2) is 7.07. The third kappa shape index (κ3) is 4.22. The van der Waals surface area contributed by atoms with E-state index in [1.54, 1.807) is 12.1 Å². The first-order valence-electron chi connectivity index (χ1n) is 8.46. The fourth-order valence-electron chi connectivity index (χ4n) is 2.69. The number of aryl methyl sites for hydroxylation is 1. The zero-order chi connectivity index (χ0) is 18.9. The molecular formula is C19H21FN2O3S. The molecule has 1 aliphatic rings. The van der Waals surface area contributed by atoms with Gasteiger partial charge in [-0.1, -0.05) is 0 Å². The van der Waals surface area contributed by atoms with Crippen LogP contribution in [0.1, 0.15) is 35.7 Å². The van der Waals surface area contributed by atoms with Crippen LogP contribution in [0.15, 0.2) is 47.4 Å². The number of hydrogen-bond acceptors (Lipinski definition) is 3. The summed E-state index contributed by atoms with van der Waals surface area (Å²) in [6, 6.07) is 9.96. The first kappa shape index (κ1) is 18.4. The van der Waals surface area contributed by atoms with Crippen LogP contribution in [0.2, 0.25) is 0 Å². The highest BCUT2D eigenvalue weighted by Crippen LogP contribution is 2.32. The predicted molar refractivity (Wildman–Crippen MR) is 98.0 cm³/mol. The summed E-state index contributed by atoms with van der Waals surface area (Å²) < 4.78 is 40.6. The topological polar surface area (TPSA) is 75.3 Å². The molecule has 0 aromatic heterocycles. The van der Waals surface area contributed by atoms with Gasteiger partial charge in [-0.05, 0) is 80.6 Å². The van der Waals surface area contributed by atoms with E-state index in [1.165, 1.54) is 31.2 Å². The van der Waals surface area contributed by atoms with Crippen molar-refractivity contribution in [1.82, 2.24) is 5.32 Å². The molecule has 0 saturated heterocycles. The SMILES string of the molecule is Cc1cc(S(=O)(=O)Nc2ccc(C(=O)NC(C)C3CC3)cc2)ccc1F. The standard InChI is InChI=1S/C19H21FN2O3S/c1-12-11-17(9-10-18(12)20)26(24,25)22-16-7-5-15(6-8-16)19(23)21-13(2)14-3-4-14/h5-11,13-14,22H,3-4H2,1-2H3,(H,21,23). The number of benzene rings is 2. The van der Waals surface area contributed by atoms with Gasteiger partial charge in [-0.3, -0.25) is 9.52 Å². The number of sulfonamides is 1. The Hall–Kier alpha value is -2.41. The van der Waals surface area contributed by atoms with Crippen molar-refractivity contribution in [2.75, 3.05) is 4.72 Å². The molecule has 2 aromatic carbocycles. The molecule has 1 saturated carbocycles. The maximum Gasteiger partial charge on any atom is 0.261 e. The van der Waals surface area contributed by atoms with Crippen molar-refractivity contribution in [3.63, 3.8) is 0 Å². The lowest BCUT2D eigenvalue weighted by Crippen LogP contribution is -2.33. The molecule has 2 N–H and O–H groups in total. The molecule has 0 bridgehead atoms. The third-order valence-electron chi connectivity index (χ3n) is 4.53. The van der Waals surface area contributed by atoms with Gasteiger partial charge in [0.05, 0.1) is 4.90 Å². The van der Waals surface area contributed by atoms with Gasteiger partial charge in [0, 0.05) is 17.3 Å². The Bertz CT molecular complexity index is 922. The van der Waals surface area contributed by atoms with Crippen LogP contribution in [0.5, 0.6) is 0 Å². The summed E-state index contributed by atoms with van der Waals surface area (Å²) in [7, 11) is -3.82. The number of hydrogen-bond donors (Lipinski definition) is 2. The molecule has 138 valence electrons. The summed E-state index contributed by atoms with van der Waals surface area (Å²) in [5, 5.41) is 2.95. The minimum Gasteiger partial charge on any atom is -0.349 e. The van der Waals surface area contributed by atoms with Crippen molar-refractivity contribution in [1.29, 1.82) is 0 Å². The molecular weight excluding hydrogens is 355 g/mol. The number of nitrogens with one attached hydrogen (secondary N) is 2. The van der Waals surface area contributed by atoms with Crippen LogP contribution < -0.4 is 10.0 Å². The van der Waals surface area contributed by atoms with Gasteiger partial charge in [0.15, 0.2) is 0 Å². The molecule has 1 unspecified atom stereocenters.